The smallest absolute Gasteiger partial charge is 0.303 e. The molecule has 4 N–H and O–H groups in total. The molecule has 2 heterocycles. The summed E-state index contributed by atoms with van der Waals surface area (Å²) in [6.45, 7) is 0. The maximum atomic E-state index is 12.3. The van der Waals surface area contributed by atoms with Gasteiger partial charge in [0.2, 0.25) is 5.91 Å². The van der Waals surface area contributed by atoms with Crippen LogP contribution in [0.25, 0.3) is 10.2 Å². The molecule has 0 fully saturated rings. The van der Waals surface area contributed by atoms with Gasteiger partial charge in [-0.1, -0.05) is 11.3 Å². The van der Waals surface area contributed by atoms with Crippen LogP contribution in [-0.2, 0) is 9.59 Å². The number of anilines is 2. The minimum absolute atomic E-state index is 0.0986. The maximum absolute atomic E-state index is 12.3. The highest BCUT2D eigenvalue weighted by molar-refractivity contribution is 9.13. The molecular weight excluding hydrogens is 504 g/mol. The average Bonchev–Trinajstić information content (AvgIpc) is 3.15. The Bertz CT molecular complexity index is 1030. The number of benzene rings is 1. The molecule has 0 radical (unpaired) electrons. The van der Waals surface area contributed by atoms with E-state index in [1.165, 1.54) is 11.3 Å². The highest BCUT2D eigenvalue weighted by Crippen LogP contribution is 2.29. The summed E-state index contributed by atoms with van der Waals surface area (Å²) in [5.41, 5.74) is 1.59. The number of H-pyrrole nitrogens is 1. The summed E-state index contributed by atoms with van der Waals surface area (Å²) in [5.74, 6) is -1.73. The van der Waals surface area contributed by atoms with Gasteiger partial charge >= 0.3 is 5.97 Å². The van der Waals surface area contributed by atoms with Crippen LogP contribution in [0.15, 0.2) is 33.3 Å². The zero-order valence-corrected chi connectivity index (χ0v) is 17.5. The van der Waals surface area contributed by atoms with E-state index in [-0.39, 0.29) is 24.7 Å². The predicted molar refractivity (Wildman–Crippen MR) is 109 cm³/mol. The van der Waals surface area contributed by atoms with Crippen molar-refractivity contribution in [2.75, 3.05) is 10.6 Å². The van der Waals surface area contributed by atoms with Crippen LogP contribution in [0.1, 0.15) is 23.3 Å². The summed E-state index contributed by atoms with van der Waals surface area (Å²) >= 11 is 7.85. The third kappa shape index (κ3) is 4.93. The van der Waals surface area contributed by atoms with Crippen LogP contribution in [-0.4, -0.2) is 32.9 Å². The number of hydrogen-bond donors (Lipinski definition) is 4. The van der Waals surface area contributed by atoms with Gasteiger partial charge < -0.3 is 15.4 Å². The number of aromatic amines is 1. The highest BCUT2D eigenvalue weighted by atomic mass is 79.9. The quantitative estimate of drug-likeness (QED) is 0.391. The Morgan fingerprint density at radius 3 is 2.59 bits per heavy atom. The molecule has 2 amide bonds. The number of carboxylic acid groups (broad SMARTS) is 1. The zero-order valence-electron chi connectivity index (χ0n) is 13.5. The Balaban J connectivity index is 1.71. The van der Waals surface area contributed by atoms with E-state index in [0.717, 1.165) is 9.17 Å². The average molecular weight is 516 g/mol. The number of aromatic nitrogens is 2. The van der Waals surface area contributed by atoms with Gasteiger partial charge in [-0.05, 0) is 56.1 Å². The summed E-state index contributed by atoms with van der Waals surface area (Å²) in [6.07, 6.45) is -0.325. The number of aliphatic carboxylic acids is 1. The number of fused-ring (bicyclic) bond motifs is 1. The van der Waals surface area contributed by atoms with E-state index in [0.29, 0.717) is 26.6 Å². The van der Waals surface area contributed by atoms with Gasteiger partial charge in [0.25, 0.3) is 5.91 Å². The summed E-state index contributed by atoms with van der Waals surface area (Å²) in [7, 11) is 0. The van der Waals surface area contributed by atoms with E-state index < -0.39 is 5.97 Å². The number of amides is 2. The van der Waals surface area contributed by atoms with Gasteiger partial charge in [-0.2, -0.15) is 0 Å². The van der Waals surface area contributed by atoms with E-state index in [4.69, 9.17) is 5.11 Å². The van der Waals surface area contributed by atoms with Crippen LogP contribution in [0.3, 0.4) is 0 Å². The topological polar surface area (TPSA) is 124 Å². The predicted octanol–water partition coefficient (Wildman–Crippen LogP) is 4.21. The number of thiazole rings is 1. The van der Waals surface area contributed by atoms with Gasteiger partial charge in [0, 0.05) is 12.1 Å². The second-order valence-corrected chi connectivity index (χ2v) is 8.12. The molecule has 27 heavy (non-hydrogen) atoms. The molecule has 0 atom stereocenters. The molecule has 2 aromatic heterocycles. The number of halogens is 2. The van der Waals surface area contributed by atoms with E-state index in [9.17, 15) is 14.4 Å². The van der Waals surface area contributed by atoms with Gasteiger partial charge in [0.15, 0.2) is 5.13 Å². The van der Waals surface area contributed by atoms with E-state index >= 15 is 0 Å². The fourth-order valence-corrected chi connectivity index (χ4v) is 3.75. The van der Waals surface area contributed by atoms with E-state index in [1.54, 1.807) is 24.3 Å². The van der Waals surface area contributed by atoms with Gasteiger partial charge in [-0.25, -0.2) is 4.98 Å². The Labute approximate surface area is 173 Å². The Morgan fingerprint density at radius 1 is 1.15 bits per heavy atom. The monoisotopic (exact) mass is 514 g/mol. The summed E-state index contributed by atoms with van der Waals surface area (Å²) < 4.78 is 2.18. The first-order chi connectivity index (χ1) is 12.8. The first-order valence-electron chi connectivity index (χ1n) is 7.59. The minimum Gasteiger partial charge on any atom is -0.481 e. The molecule has 1 aromatic carbocycles. The number of carbonyl (C=O) groups is 3. The second-order valence-electron chi connectivity index (χ2n) is 5.44. The maximum Gasteiger partial charge on any atom is 0.303 e. The fraction of sp³-hybridized carbons (Fsp3) is 0.125. The van der Waals surface area contributed by atoms with Crippen LogP contribution in [0.5, 0.6) is 0 Å². The molecule has 3 aromatic rings. The number of carboxylic acids is 1. The first kappa shape index (κ1) is 19.5. The number of rotatable bonds is 6. The molecule has 3 rings (SSSR count). The van der Waals surface area contributed by atoms with Gasteiger partial charge in [0.1, 0.15) is 5.69 Å². The van der Waals surface area contributed by atoms with Crippen molar-refractivity contribution in [3.63, 3.8) is 0 Å². The lowest BCUT2D eigenvalue weighted by molar-refractivity contribution is -0.138. The van der Waals surface area contributed by atoms with Crippen molar-refractivity contribution in [3.05, 3.63) is 39.0 Å². The molecule has 0 aliphatic carbocycles. The summed E-state index contributed by atoms with van der Waals surface area (Å²) in [6, 6.07) is 6.77. The lowest BCUT2D eigenvalue weighted by atomic mass is 10.2. The van der Waals surface area contributed by atoms with Crippen molar-refractivity contribution in [1.82, 2.24) is 9.97 Å². The van der Waals surface area contributed by atoms with Gasteiger partial charge in [-0.3, -0.25) is 19.7 Å². The SMILES string of the molecule is O=C(O)CCC(=O)Nc1ccc2nc(NC(=O)c3cc(Br)c(Br)[nH]3)sc2c1. The number of hydrogen-bond acceptors (Lipinski definition) is 5. The van der Waals surface area contributed by atoms with Crippen molar-refractivity contribution in [2.45, 2.75) is 12.8 Å². The van der Waals surface area contributed by atoms with Crippen LogP contribution in [0, 0.1) is 0 Å². The van der Waals surface area contributed by atoms with Crippen molar-refractivity contribution in [3.8, 4) is 0 Å². The standard InChI is InChI=1S/C16H12Br2N4O4S/c17-8-6-10(20-14(8)18)15(26)22-16-21-9-2-1-7(5-11(9)27-16)19-12(23)3-4-13(24)25/h1-2,5-6,20H,3-4H2,(H,19,23)(H,24,25)(H,21,22,26). The largest absolute Gasteiger partial charge is 0.481 e. The van der Waals surface area contributed by atoms with Crippen LogP contribution >= 0.6 is 43.2 Å². The lowest BCUT2D eigenvalue weighted by Gasteiger charge is -2.03. The normalized spacial score (nSPS) is 10.7. The third-order valence-electron chi connectivity index (χ3n) is 3.43. The molecule has 0 unspecified atom stereocenters. The molecule has 0 bridgehead atoms. The first-order valence-corrected chi connectivity index (χ1v) is 9.99. The Morgan fingerprint density at radius 2 is 1.93 bits per heavy atom. The number of nitrogens with one attached hydrogen (secondary N) is 3. The summed E-state index contributed by atoms with van der Waals surface area (Å²) in [4.78, 5) is 41.8. The zero-order chi connectivity index (χ0) is 19.6. The van der Waals surface area contributed by atoms with Crippen LogP contribution in [0.2, 0.25) is 0 Å². The molecule has 0 saturated heterocycles. The van der Waals surface area contributed by atoms with Crippen LogP contribution < -0.4 is 10.6 Å². The molecule has 0 saturated carbocycles. The van der Waals surface area contributed by atoms with Crippen molar-refractivity contribution in [2.24, 2.45) is 0 Å². The van der Waals surface area contributed by atoms with Gasteiger partial charge in [-0.15, -0.1) is 0 Å². The molecule has 0 aliphatic heterocycles. The van der Waals surface area contributed by atoms with Crippen molar-refractivity contribution < 1.29 is 19.5 Å². The van der Waals surface area contributed by atoms with Crippen molar-refractivity contribution >= 4 is 82.0 Å². The molecular formula is C16H12Br2N4O4S. The minimum atomic E-state index is -1.02. The Hall–Kier alpha value is -2.24. The second kappa shape index (κ2) is 8.19. The highest BCUT2D eigenvalue weighted by Gasteiger charge is 2.14. The molecule has 11 heteroatoms. The van der Waals surface area contributed by atoms with E-state index in [2.05, 4.69) is 52.5 Å². The van der Waals surface area contributed by atoms with Crippen molar-refractivity contribution in [1.29, 1.82) is 0 Å². The molecule has 8 nitrogen and oxygen atoms in total. The molecule has 0 aliphatic rings. The number of nitrogens with zero attached hydrogens (tertiary/aromatic N) is 1. The lowest BCUT2D eigenvalue weighted by Crippen LogP contribution is -2.12. The Kier molecular flexibility index (Phi) is 5.92. The van der Waals surface area contributed by atoms with Crippen LogP contribution in [0.4, 0.5) is 10.8 Å². The number of carbonyl (C=O) groups excluding carboxylic acids is 2. The fourth-order valence-electron chi connectivity index (χ4n) is 2.19. The molecule has 0 spiro atoms. The van der Waals surface area contributed by atoms with E-state index in [1.807, 2.05) is 0 Å². The summed E-state index contributed by atoms with van der Waals surface area (Å²) in [5, 5.41) is 14.4. The molecule has 140 valence electrons. The third-order valence-corrected chi connectivity index (χ3v) is 6.14. The van der Waals surface area contributed by atoms with Gasteiger partial charge in [0.05, 0.1) is 25.7 Å².